The van der Waals surface area contributed by atoms with Gasteiger partial charge >= 0.3 is 5.97 Å². The van der Waals surface area contributed by atoms with Gasteiger partial charge in [-0.3, -0.25) is 19.1 Å². The summed E-state index contributed by atoms with van der Waals surface area (Å²) in [5.41, 5.74) is 2.01. The van der Waals surface area contributed by atoms with E-state index in [4.69, 9.17) is 21.8 Å². The zero-order valence-electron chi connectivity index (χ0n) is 17.5. The van der Waals surface area contributed by atoms with Crippen LogP contribution in [0.2, 0.25) is 5.02 Å². The third-order valence-corrected chi connectivity index (χ3v) is 5.55. The lowest BCUT2D eigenvalue weighted by molar-refractivity contribution is -0.136. The first kappa shape index (κ1) is 22.8. The zero-order valence-corrected chi connectivity index (χ0v) is 18.3. The standard InChI is InChI=1S/C22H27ClN4O4/c1-2-3-4-5-17-13-26(14-20(28)24-11-10-21(29)30)22(31)19-12-18(25-27(17)19)15-6-8-16(23)9-7-15/h6-9,12,17H,2-5,10-11,13-14H2,1H3,(H,24,28)(H,29,30). The normalized spacial score (nSPS) is 15.6. The number of unbranched alkanes of at least 4 members (excludes halogenated alkanes) is 2. The zero-order chi connectivity index (χ0) is 22.4. The van der Waals surface area contributed by atoms with Gasteiger partial charge in [0.1, 0.15) is 5.69 Å². The third kappa shape index (κ3) is 5.85. The van der Waals surface area contributed by atoms with Crippen molar-refractivity contribution in [3.63, 3.8) is 0 Å². The number of aliphatic carboxylic acids is 1. The quantitative estimate of drug-likeness (QED) is 0.544. The maximum atomic E-state index is 13.1. The smallest absolute Gasteiger partial charge is 0.305 e. The number of carbonyl (C=O) groups excluding carboxylic acids is 2. The molecule has 2 heterocycles. The van der Waals surface area contributed by atoms with Gasteiger partial charge in [-0.25, -0.2) is 0 Å². The first-order valence-corrected chi connectivity index (χ1v) is 10.9. The average Bonchev–Trinajstić information content (AvgIpc) is 3.17. The molecule has 0 saturated heterocycles. The molecule has 166 valence electrons. The van der Waals surface area contributed by atoms with Crippen LogP contribution in [0.1, 0.15) is 55.6 Å². The molecule has 1 atom stereocenters. The molecule has 9 heteroatoms. The molecule has 0 saturated carbocycles. The highest BCUT2D eigenvalue weighted by Gasteiger charge is 2.33. The summed E-state index contributed by atoms with van der Waals surface area (Å²) in [4.78, 5) is 37.5. The molecule has 1 unspecified atom stereocenters. The largest absolute Gasteiger partial charge is 0.481 e. The van der Waals surface area contributed by atoms with Crippen molar-refractivity contribution in [2.45, 2.75) is 45.1 Å². The van der Waals surface area contributed by atoms with E-state index in [1.54, 1.807) is 22.9 Å². The predicted molar refractivity (Wildman–Crippen MR) is 117 cm³/mol. The Morgan fingerprint density at radius 1 is 1.26 bits per heavy atom. The molecule has 2 N–H and O–H groups in total. The molecule has 2 amide bonds. The third-order valence-electron chi connectivity index (χ3n) is 5.30. The van der Waals surface area contributed by atoms with E-state index in [0.717, 1.165) is 31.2 Å². The van der Waals surface area contributed by atoms with E-state index in [0.29, 0.717) is 23.0 Å². The maximum Gasteiger partial charge on any atom is 0.305 e. The molecule has 0 fully saturated rings. The number of amides is 2. The average molecular weight is 447 g/mol. The van der Waals surface area contributed by atoms with Crippen LogP contribution in [0.5, 0.6) is 0 Å². The summed E-state index contributed by atoms with van der Waals surface area (Å²) in [7, 11) is 0. The number of rotatable bonds is 10. The van der Waals surface area contributed by atoms with Gasteiger partial charge in [-0.1, -0.05) is 49.9 Å². The van der Waals surface area contributed by atoms with Gasteiger partial charge in [0, 0.05) is 23.7 Å². The molecule has 0 bridgehead atoms. The van der Waals surface area contributed by atoms with E-state index in [-0.39, 0.29) is 37.4 Å². The Bertz CT molecular complexity index is 941. The summed E-state index contributed by atoms with van der Waals surface area (Å²) < 4.78 is 1.79. The van der Waals surface area contributed by atoms with Crippen LogP contribution in [0.25, 0.3) is 11.3 Å². The number of carboxylic acid groups (broad SMARTS) is 1. The van der Waals surface area contributed by atoms with Gasteiger partial charge in [-0.05, 0) is 24.6 Å². The van der Waals surface area contributed by atoms with Crippen molar-refractivity contribution in [1.82, 2.24) is 20.0 Å². The lowest BCUT2D eigenvalue weighted by Gasteiger charge is -2.33. The van der Waals surface area contributed by atoms with Gasteiger partial charge in [0.2, 0.25) is 5.91 Å². The molecule has 3 rings (SSSR count). The van der Waals surface area contributed by atoms with Crippen LogP contribution >= 0.6 is 11.6 Å². The van der Waals surface area contributed by atoms with Gasteiger partial charge in [0.25, 0.3) is 5.91 Å². The van der Waals surface area contributed by atoms with Crippen LogP contribution in [-0.4, -0.2) is 57.2 Å². The molecule has 31 heavy (non-hydrogen) atoms. The fourth-order valence-electron chi connectivity index (χ4n) is 3.69. The number of hydrogen-bond acceptors (Lipinski definition) is 4. The van der Waals surface area contributed by atoms with E-state index >= 15 is 0 Å². The van der Waals surface area contributed by atoms with Crippen LogP contribution in [0, 0.1) is 0 Å². The molecule has 1 aromatic heterocycles. The van der Waals surface area contributed by atoms with E-state index < -0.39 is 5.97 Å². The van der Waals surface area contributed by atoms with E-state index in [1.165, 1.54) is 4.90 Å². The molecule has 1 aliphatic rings. The highest BCUT2D eigenvalue weighted by atomic mass is 35.5. The molecule has 1 aromatic carbocycles. The Morgan fingerprint density at radius 2 is 2.00 bits per heavy atom. The number of carbonyl (C=O) groups is 3. The SMILES string of the molecule is CCCCCC1CN(CC(=O)NCCC(=O)O)C(=O)c2cc(-c3ccc(Cl)cc3)nn21. The monoisotopic (exact) mass is 446 g/mol. The Morgan fingerprint density at radius 3 is 2.68 bits per heavy atom. The summed E-state index contributed by atoms with van der Waals surface area (Å²) >= 11 is 5.98. The van der Waals surface area contributed by atoms with Crippen molar-refractivity contribution in [3.8, 4) is 11.3 Å². The van der Waals surface area contributed by atoms with Crippen LogP contribution in [0.4, 0.5) is 0 Å². The van der Waals surface area contributed by atoms with Crippen molar-refractivity contribution in [1.29, 1.82) is 0 Å². The number of aromatic nitrogens is 2. The van der Waals surface area contributed by atoms with Gasteiger partial charge in [-0.2, -0.15) is 5.10 Å². The van der Waals surface area contributed by atoms with Crippen molar-refractivity contribution in [2.24, 2.45) is 0 Å². The summed E-state index contributed by atoms with van der Waals surface area (Å²) in [6, 6.07) is 9.02. The number of fused-ring (bicyclic) bond motifs is 1. The Labute approximate surface area is 186 Å². The first-order chi connectivity index (χ1) is 14.9. The minimum atomic E-state index is -0.982. The lowest BCUT2D eigenvalue weighted by Crippen LogP contribution is -2.47. The van der Waals surface area contributed by atoms with E-state index in [2.05, 4.69) is 12.2 Å². The molecule has 0 radical (unpaired) electrons. The fraction of sp³-hybridized carbons (Fsp3) is 0.455. The Balaban J connectivity index is 1.80. The van der Waals surface area contributed by atoms with Gasteiger partial charge in [0.05, 0.1) is 24.7 Å². The summed E-state index contributed by atoms with van der Waals surface area (Å²) in [5, 5.41) is 16.6. The number of halogens is 1. The molecule has 1 aliphatic heterocycles. The molecule has 0 aliphatic carbocycles. The number of nitrogens with one attached hydrogen (secondary N) is 1. The van der Waals surface area contributed by atoms with E-state index in [9.17, 15) is 14.4 Å². The number of carboxylic acids is 1. The molecular weight excluding hydrogens is 420 g/mol. The predicted octanol–water partition coefficient (Wildman–Crippen LogP) is 3.37. The van der Waals surface area contributed by atoms with E-state index in [1.807, 2.05) is 12.1 Å². The maximum absolute atomic E-state index is 13.1. The number of hydrogen-bond donors (Lipinski definition) is 2. The van der Waals surface area contributed by atoms with Crippen molar-refractivity contribution in [3.05, 3.63) is 41.0 Å². The van der Waals surface area contributed by atoms with Crippen molar-refractivity contribution < 1.29 is 19.5 Å². The van der Waals surface area contributed by atoms with Crippen LogP contribution < -0.4 is 5.32 Å². The number of benzene rings is 1. The summed E-state index contributed by atoms with van der Waals surface area (Å²) in [5.74, 6) is -1.61. The molecule has 2 aromatic rings. The number of nitrogens with zero attached hydrogens (tertiary/aromatic N) is 3. The molecule has 8 nitrogen and oxygen atoms in total. The first-order valence-electron chi connectivity index (χ1n) is 10.5. The highest BCUT2D eigenvalue weighted by molar-refractivity contribution is 6.30. The fourth-order valence-corrected chi connectivity index (χ4v) is 3.81. The van der Waals surface area contributed by atoms with Crippen molar-refractivity contribution >= 4 is 29.4 Å². The second kappa shape index (κ2) is 10.4. The van der Waals surface area contributed by atoms with Crippen LogP contribution in [-0.2, 0) is 9.59 Å². The second-order valence-electron chi connectivity index (χ2n) is 7.70. The summed E-state index contributed by atoms with van der Waals surface area (Å²) in [6.07, 6.45) is 3.87. The molecular formula is C22H27ClN4O4. The Kier molecular flexibility index (Phi) is 7.68. The second-order valence-corrected chi connectivity index (χ2v) is 8.13. The molecule has 0 spiro atoms. The minimum Gasteiger partial charge on any atom is -0.481 e. The topological polar surface area (TPSA) is 105 Å². The Hall–Kier alpha value is -2.87. The van der Waals surface area contributed by atoms with Crippen LogP contribution in [0.3, 0.4) is 0 Å². The van der Waals surface area contributed by atoms with Gasteiger partial charge in [-0.15, -0.1) is 0 Å². The highest BCUT2D eigenvalue weighted by Crippen LogP contribution is 2.29. The summed E-state index contributed by atoms with van der Waals surface area (Å²) in [6.45, 7) is 2.46. The van der Waals surface area contributed by atoms with Crippen molar-refractivity contribution in [2.75, 3.05) is 19.6 Å². The minimum absolute atomic E-state index is 0.0212. The van der Waals surface area contributed by atoms with Gasteiger partial charge < -0.3 is 15.3 Å². The lowest BCUT2D eigenvalue weighted by atomic mass is 10.0. The van der Waals surface area contributed by atoms with Gasteiger partial charge in [0.15, 0.2) is 0 Å². The van der Waals surface area contributed by atoms with Crippen LogP contribution in [0.15, 0.2) is 30.3 Å².